The van der Waals surface area contributed by atoms with Gasteiger partial charge in [0.25, 0.3) is 0 Å². The Morgan fingerprint density at radius 1 is 1.10 bits per heavy atom. The quantitative estimate of drug-likeness (QED) is 0.822. The van der Waals surface area contributed by atoms with Gasteiger partial charge in [-0.15, -0.1) is 11.6 Å². The van der Waals surface area contributed by atoms with Crippen LogP contribution in [0.25, 0.3) is 10.8 Å². The van der Waals surface area contributed by atoms with E-state index in [1.807, 2.05) is 44.2 Å². The normalized spacial score (nSPS) is 13.7. The minimum atomic E-state index is -3.58. The number of nitrogens with one attached hydrogen (secondary N) is 1. The third kappa shape index (κ3) is 3.96. The monoisotopic (exact) mass is 325 g/mol. The fraction of sp³-hybridized carbons (Fsp3) is 0.375. The van der Waals surface area contributed by atoms with Crippen molar-refractivity contribution >= 4 is 32.4 Å². The highest BCUT2D eigenvalue weighted by molar-refractivity contribution is 7.89. The molecule has 0 amide bonds. The highest BCUT2D eigenvalue weighted by Crippen LogP contribution is 2.23. The van der Waals surface area contributed by atoms with Gasteiger partial charge in [0.15, 0.2) is 0 Å². The third-order valence-electron chi connectivity index (χ3n) is 3.30. The molecule has 1 N–H and O–H groups in total. The fourth-order valence-electron chi connectivity index (χ4n) is 2.42. The molecule has 0 spiro atoms. The summed E-state index contributed by atoms with van der Waals surface area (Å²) < 4.78 is 28.0. The van der Waals surface area contributed by atoms with Crippen LogP contribution in [-0.4, -0.2) is 20.3 Å². The van der Waals surface area contributed by atoms with Gasteiger partial charge >= 0.3 is 0 Å². The Balaban J connectivity index is 2.38. The lowest BCUT2D eigenvalue weighted by Gasteiger charge is -2.18. The molecule has 2 aromatic carbocycles. The zero-order chi connectivity index (χ0) is 15.5. The first kappa shape index (κ1) is 16.3. The van der Waals surface area contributed by atoms with Gasteiger partial charge < -0.3 is 0 Å². The second-order valence-corrected chi connectivity index (χ2v) is 7.57. The zero-order valence-electron chi connectivity index (χ0n) is 12.2. The first-order valence-electron chi connectivity index (χ1n) is 7.00. The number of rotatable bonds is 6. The molecule has 0 aliphatic carbocycles. The predicted octanol–water partition coefficient (Wildman–Crippen LogP) is 3.77. The lowest BCUT2D eigenvalue weighted by molar-refractivity contribution is 0.485. The Morgan fingerprint density at radius 3 is 2.43 bits per heavy atom. The molecule has 0 aliphatic rings. The van der Waals surface area contributed by atoms with Gasteiger partial charge in [-0.3, -0.25) is 0 Å². The third-order valence-corrected chi connectivity index (χ3v) is 5.25. The van der Waals surface area contributed by atoms with Gasteiger partial charge in [-0.2, -0.15) is 0 Å². The largest absolute Gasteiger partial charge is 0.241 e. The predicted molar refractivity (Wildman–Crippen MR) is 88.2 cm³/mol. The molecule has 0 saturated carbocycles. The van der Waals surface area contributed by atoms with E-state index in [0.717, 1.165) is 10.8 Å². The minimum absolute atomic E-state index is 0.254. The number of alkyl halides is 1. The molecule has 0 saturated heterocycles. The smallest absolute Gasteiger partial charge is 0.207 e. The van der Waals surface area contributed by atoms with Gasteiger partial charge in [0.1, 0.15) is 0 Å². The van der Waals surface area contributed by atoms with Crippen LogP contribution in [0, 0.1) is 5.92 Å². The van der Waals surface area contributed by atoms with Crippen LogP contribution in [0.1, 0.15) is 20.3 Å². The molecule has 0 bridgehead atoms. The van der Waals surface area contributed by atoms with Crippen LogP contribution in [-0.2, 0) is 10.0 Å². The molecule has 21 heavy (non-hydrogen) atoms. The van der Waals surface area contributed by atoms with E-state index in [9.17, 15) is 8.42 Å². The van der Waals surface area contributed by atoms with E-state index in [1.165, 1.54) is 0 Å². The van der Waals surface area contributed by atoms with E-state index >= 15 is 0 Å². The van der Waals surface area contributed by atoms with Gasteiger partial charge in [-0.05, 0) is 23.8 Å². The summed E-state index contributed by atoms with van der Waals surface area (Å²) in [4.78, 5) is 0.305. The molecule has 2 rings (SSSR count). The molecule has 3 nitrogen and oxygen atoms in total. The van der Waals surface area contributed by atoms with Crippen LogP contribution < -0.4 is 4.72 Å². The molecule has 0 fully saturated rings. The van der Waals surface area contributed by atoms with Crippen molar-refractivity contribution in [1.29, 1.82) is 0 Å². The van der Waals surface area contributed by atoms with E-state index in [2.05, 4.69) is 4.72 Å². The molecule has 0 aliphatic heterocycles. The summed E-state index contributed by atoms with van der Waals surface area (Å²) in [6.45, 7) is 4.09. The van der Waals surface area contributed by atoms with Crippen molar-refractivity contribution in [3.8, 4) is 0 Å². The topological polar surface area (TPSA) is 46.2 Å². The minimum Gasteiger partial charge on any atom is -0.207 e. The summed E-state index contributed by atoms with van der Waals surface area (Å²) in [6, 6.07) is 12.5. The molecule has 114 valence electrons. The summed E-state index contributed by atoms with van der Waals surface area (Å²) in [5, 5.41) is 1.64. The molecular weight excluding hydrogens is 306 g/mol. The average molecular weight is 326 g/mol. The SMILES string of the molecule is CC(C)CC(CCl)NS(=O)(=O)c1cccc2ccccc12. The van der Waals surface area contributed by atoms with Crippen molar-refractivity contribution in [3.05, 3.63) is 42.5 Å². The van der Waals surface area contributed by atoms with Crippen molar-refractivity contribution in [2.24, 2.45) is 5.92 Å². The molecule has 1 unspecified atom stereocenters. The van der Waals surface area contributed by atoms with Gasteiger partial charge in [0, 0.05) is 17.3 Å². The maximum absolute atomic E-state index is 12.6. The average Bonchev–Trinajstić information content (AvgIpc) is 2.45. The van der Waals surface area contributed by atoms with Crippen molar-refractivity contribution in [1.82, 2.24) is 4.72 Å². The summed E-state index contributed by atoms with van der Waals surface area (Å²) >= 11 is 5.90. The number of hydrogen-bond donors (Lipinski definition) is 1. The Labute approximate surface area is 131 Å². The van der Waals surface area contributed by atoms with E-state index in [4.69, 9.17) is 11.6 Å². The van der Waals surface area contributed by atoms with Gasteiger partial charge in [-0.1, -0.05) is 50.2 Å². The van der Waals surface area contributed by atoms with Crippen LogP contribution in [0.4, 0.5) is 0 Å². The number of halogens is 1. The maximum atomic E-state index is 12.6. The highest BCUT2D eigenvalue weighted by Gasteiger charge is 2.22. The molecule has 5 heteroatoms. The van der Waals surface area contributed by atoms with Crippen molar-refractivity contribution in [2.45, 2.75) is 31.2 Å². The number of hydrogen-bond acceptors (Lipinski definition) is 2. The fourth-order valence-corrected chi connectivity index (χ4v) is 4.20. The van der Waals surface area contributed by atoms with E-state index in [-0.39, 0.29) is 11.9 Å². The van der Waals surface area contributed by atoms with Crippen molar-refractivity contribution in [3.63, 3.8) is 0 Å². The second-order valence-electron chi connectivity index (χ2n) is 5.58. The molecule has 2 aromatic rings. The summed E-state index contributed by atoms with van der Waals surface area (Å²) in [7, 11) is -3.58. The number of benzene rings is 2. The first-order valence-corrected chi connectivity index (χ1v) is 9.02. The van der Waals surface area contributed by atoms with Gasteiger partial charge in [0.2, 0.25) is 10.0 Å². The van der Waals surface area contributed by atoms with Gasteiger partial charge in [-0.25, -0.2) is 13.1 Å². The van der Waals surface area contributed by atoms with E-state index in [0.29, 0.717) is 17.2 Å². The summed E-state index contributed by atoms with van der Waals surface area (Å²) in [5.74, 6) is 0.645. The maximum Gasteiger partial charge on any atom is 0.241 e. The molecule has 0 aromatic heterocycles. The summed E-state index contributed by atoms with van der Waals surface area (Å²) in [6.07, 6.45) is 0.716. The molecule has 0 radical (unpaired) electrons. The lowest BCUT2D eigenvalue weighted by atomic mass is 10.1. The number of fused-ring (bicyclic) bond motifs is 1. The standard InChI is InChI=1S/C16H20ClNO2S/c1-12(2)10-14(11-17)18-21(19,20)16-9-5-7-13-6-3-4-8-15(13)16/h3-9,12,14,18H,10-11H2,1-2H3. The Bertz CT molecular complexity index is 708. The molecule has 1 atom stereocenters. The van der Waals surface area contributed by atoms with E-state index < -0.39 is 10.0 Å². The Morgan fingerprint density at radius 2 is 1.76 bits per heavy atom. The van der Waals surface area contributed by atoms with Crippen molar-refractivity contribution < 1.29 is 8.42 Å². The number of sulfonamides is 1. The van der Waals surface area contributed by atoms with Crippen LogP contribution in [0.5, 0.6) is 0 Å². The van der Waals surface area contributed by atoms with Crippen LogP contribution in [0.15, 0.2) is 47.4 Å². The lowest BCUT2D eigenvalue weighted by Crippen LogP contribution is -2.37. The van der Waals surface area contributed by atoms with Crippen LogP contribution in [0.2, 0.25) is 0 Å². The Kier molecular flexibility index (Phi) is 5.25. The first-order chi connectivity index (χ1) is 9.94. The summed E-state index contributed by atoms with van der Waals surface area (Å²) in [5.41, 5.74) is 0. The van der Waals surface area contributed by atoms with Crippen LogP contribution >= 0.6 is 11.6 Å². The van der Waals surface area contributed by atoms with Crippen molar-refractivity contribution in [2.75, 3.05) is 5.88 Å². The Hall–Kier alpha value is -1.10. The molecular formula is C16H20ClNO2S. The highest BCUT2D eigenvalue weighted by atomic mass is 35.5. The second kappa shape index (κ2) is 6.77. The zero-order valence-corrected chi connectivity index (χ0v) is 13.8. The van der Waals surface area contributed by atoms with Crippen LogP contribution in [0.3, 0.4) is 0 Å². The molecule has 0 heterocycles. The van der Waals surface area contributed by atoms with E-state index in [1.54, 1.807) is 12.1 Å². The van der Waals surface area contributed by atoms with Gasteiger partial charge in [0.05, 0.1) is 4.90 Å².